The number of piperazine rings is 1. The number of rotatable bonds is 3. The summed E-state index contributed by atoms with van der Waals surface area (Å²) in [6.07, 6.45) is 1.35. The van der Waals surface area contributed by atoms with Gasteiger partial charge >= 0.3 is 0 Å². The maximum atomic E-state index is 13.1. The summed E-state index contributed by atoms with van der Waals surface area (Å²) in [7, 11) is 0. The van der Waals surface area contributed by atoms with Gasteiger partial charge in [-0.25, -0.2) is 9.07 Å². The first-order valence-corrected chi connectivity index (χ1v) is 9.42. The van der Waals surface area contributed by atoms with Gasteiger partial charge in [0.05, 0.1) is 11.4 Å². The summed E-state index contributed by atoms with van der Waals surface area (Å²) < 4.78 is 20.1. The second-order valence-corrected chi connectivity index (χ2v) is 7.03. The van der Waals surface area contributed by atoms with E-state index in [9.17, 15) is 14.0 Å². The number of nitrogens with zero attached hydrogens (tertiary/aromatic N) is 5. The first-order valence-electron chi connectivity index (χ1n) is 9.42. The molecule has 1 aromatic heterocycles. The Morgan fingerprint density at radius 3 is 2.43 bits per heavy atom. The van der Waals surface area contributed by atoms with E-state index < -0.39 is 0 Å². The van der Waals surface area contributed by atoms with Crippen molar-refractivity contribution in [3.05, 3.63) is 41.5 Å². The number of ether oxygens (including phenoxy) is 1. The van der Waals surface area contributed by atoms with Crippen molar-refractivity contribution in [2.24, 2.45) is 0 Å². The van der Waals surface area contributed by atoms with E-state index in [0.29, 0.717) is 44.2 Å². The van der Waals surface area contributed by atoms with Crippen LogP contribution in [0.25, 0.3) is 5.69 Å². The minimum atomic E-state index is -0.340. The molecule has 0 aliphatic carbocycles. The van der Waals surface area contributed by atoms with Gasteiger partial charge in [-0.15, -0.1) is 5.10 Å². The van der Waals surface area contributed by atoms with E-state index in [1.54, 1.807) is 28.9 Å². The minimum Gasteiger partial charge on any atom is -0.368 e. The van der Waals surface area contributed by atoms with Crippen LogP contribution >= 0.6 is 0 Å². The second kappa shape index (κ2) is 7.67. The number of carbonyl (C=O) groups is 2. The zero-order valence-electron chi connectivity index (χ0n) is 15.7. The molecule has 2 aliphatic heterocycles. The van der Waals surface area contributed by atoms with Gasteiger partial charge in [0.15, 0.2) is 5.69 Å². The molecule has 2 saturated heterocycles. The van der Waals surface area contributed by atoms with Gasteiger partial charge in [-0.1, -0.05) is 5.21 Å². The summed E-state index contributed by atoms with van der Waals surface area (Å²) in [5.41, 5.74) is 1.50. The highest BCUT2D eigenvalue weighted by molar-refractivity contribution is 5.93. The van der Waals surface area contributed by atoms with E-state index >= 15 is 0 Å². The Balaban J connectivity index is 1.41. The maximum absolute atomic E-state index is 13.1. The maximum Gasteiger partial charge on any atom is 0.276 e. The van der Waals surface area contributed by atoms with Crippen LogP contribution < -0.4 is 0 Å². The molecule has 1 aromatic carbocycles. The molecule has 9 heteroatoms. The van der Waals surface area contributed by atoms with Crippen LogP contribution in [0.15, 0.2) is 24.3 Å². The van der Waals surface area contributed by atoms with Gasteiger partial charge in [0.1, 0.15) is 11.9 Å². The lowest BCUT2D eigenvalue weighted by molar-refractivity contribution is -0.142. The number of amides is 2. The first-order chi connectivity index (χ1) is 13.5. The van der Waals surface area contributed by atoms with Gasteiger partial charge < -0.3 is 14.5 Å². The second-order valence-electron chi connectivity index (χ2n) is 7.03. The summed E-state index contributed by atoms with van der Waals surface area (Å²) in [6, 6.07) is 5.84. The van der Waals surface area contributed by atoms with Crippen molar-refractivity contribution in [3.8, 4) is 5.69 Å². The monoisotopic (exact) mass is 387 g/mol. The molecule has 2 aliphatic rings. The molecule has 0 N–H and O–H groups in total. The fourth-order valence-corrected chi connectivity index (χ4v) is 3.61. The van der Waals surface area contributed by atoms with E-state index in [2.05, 4.69) is 10.3 Å². The minimum absolute atomic E-state index is 0.0167. The SMILES string of the molecule is Cc1c(C(=O)N2CCN(C(=O)C3CCCO3)CC2)nnn1-c1ccc(F)cc1. The molecule has 0 bridgehead atoms. The Hall–Kier alpha value is -2.81. The van der Waals surface area contributed by atoms with Crippen molar-refractivity contribution in [1.82, 2.24) is 24.8 Å². The van der Waals surface area contributed by atoms with Crippen LogP contribution in [-0.4, -0.2) is 75.5 Å². The van der Waals surface area contributed by atoms with Crippen LogP contribution in [0.3, 0.4) is 0 Å². The Kier molecular flexibility index (Phi) is 5.08. The third-order valence-electron chi connectivity index (χ3n) is 5.25. The van der Waals surface area contributed by atoms with Crippen molar-refractivity contribution in [3.63, 3.8) is 0 Å². The van der Waals surface area contributed by atoms with Crippen molar-refractivity contribution in [2.75, 3.05) is 32.8 Å². The fourth-order valence-electron chi connectivity index (χ4n) is 3.61. The number of hydrogen-bond donors (Lipinski definition) is 0. The first kappa shape index (κ1) is 18.5. The van der Waals surface area contributed by atoms with Crippen molar-refractivity contribution >= 4 is 11.8 Å². The highest BCUT2D eigenvalue weighted by Crippen LogP contribution is 2.18. The normalized spacial score (nSPS) is 19.9. The van der Waals surface area contributed by atoms with E-state index in [-0.39, 0.29) is 29.4 Å². The van der Waals surface area contributed by atoms with Crippen LogP contribution in [-0.2, 0) is 9.53 Å². The van der Waals surface area contributed by atoms with E-state index in [0.717, 1.165) is 12.8 Å². The standard InChI is InChI=1S/C19H22FN5O3/c1-13-17(21-22-25(13)15-6-4-14(20)5-7-15)19(27)24-10-8-23(9-11-24)18(26)16-3-2-12-28-16/h4-7,16H,2-3,8-12H2,1H3. The van der Waals surface area contributed by atoms with Crippen molar-refractivity contribution < 1.29 is 18.7 Å². The van der Waals surface area contributed by atoms with Crippen molar-refractivity contribution in [1.29, 1.82) is 0 Å². The number of carbonyl (C=O) groups excluding carboxylic acids is 2. The van der Waals surface area contributed by atoms with Crippen molar-refractivity contribution in [2.45, 2.75) is 25.9 Å². The quantitative estimate of drug-likeness (QED) is 0.790. The Morgan fingerprint density at radius 1 is 1.11 bits per heavy atom. The Labute approximate surface area is 161 Å². The molecule has 4 rings (SSSR count). The largest absolute Gasteiger partial charge is 0.368 e. The molecule has 1 unspecified atom stereocenters. The Bertz CT molecular complexity index is 868. The molecule has 2 aromatic rings. The average Bonchev–Trinajstić information content (AvgIpc) is 3.38. The summed E-state index contributed by atoms with van der Waals surface area (Å²) in [5.74, 6) is -0.536. The molecule has 1 atom stereocenters. The fraction of sp³-hybridized carbons (Fsp3) is 0.474. The molecule has 0 spiro atoms. The lowest BCUT2D eigenvalue weighted by Gasteiger charge is -2.35. The van der Waals surface area contributed by atoms with E-state index in [1.807, 2.05) is 0 Å². The van der Waals surface area contributed by atoms with Crippen LogP contribution in [0.2, 0.25) is 0 Å². The van der Waals surface area contributed by atoms with Crippen LogP contribution in [0.1, 0.15) is 29.0 Å². The van der Waals surface area contributed by atoms with Gasteiger partial charge in [-0.2, -0.15) is 0 Å². The van der Waals surface area contributed by atoms with Crippen LogP contribution in [0.5, 0.6) is 0 Å². The molecular weight excluding hydrogens is 365 g/mol. The molecule has 3 heterocycles. The zero-order chi connectivity index (χ0) is 19.7. The molecule has 2 fully saturated rings. The Morgan fingerprint density at radius 2 is 1.79 bits per heavy atom. The molecule has 28 heavy (non-hydrogen) atoms. The van der Waals surface area contributed by atoms with Crippen LogP contribution in [0.4, 0.5) is 4.39 Å². The molecule has 8 nitrogen and oxygen atoms in total. The van der Waals surface area contributed by atoms with Gasteiger partial charge in [0, 0.05) is 32.8 Å². The van der Waals surface area contributed by atoms with Gasteiger partial charge in [-0.3, -0.25) is 9.59 Å². The number of halogens is 1. The zero-order valence-corrected chi connectivity index (χ0v) is 15.7. The van der Waals surface area contributed by atoms with Gasteiger partial charge in [0.2, 0.25) is 0 Å². The molecule has 0 saturated carbocycles. The summed E-state index contributed by atoms with van der Waals surface area (Å²) in [6.45, 7) is 4.25. The molecule has 0 radical (unpaired) electrons. The lowest BCUT2D eigenvalue weighted by atomic mass is 10.2. The third-order valence-corrected chi connectivity index (χ3v) is 5.25. The summed E-state index contributed by atoms with van der Waals surface area (Å²) in [5, 5.41) is 8.08. The lowest BCUT2D eigenvalue weighted by Crippen LogP contribution is -2.53. The van der Waals surface area contributed by atoms with Gasteiger partial charge in [-0.05, 0) is 44.0 Å². The van der Waals surface area contributed by atoms with E-state index in [1.165, 1.54) is 16.8 Å². The van der Waals surface area contributed by atoms with E-state index in [4.69, 9.17) is 4.74 Å². The molecule has 2 amide bonds. The predicted molar refractivity (Wildman–Crippen MR) is 97.5 cm³/mol. The number of benzene rings is 1. The predicted octanol–water partition coefficient (Wildman–Crippen LogP) is 1.18. The average molecular weight is 387 g/mol. The molecular formula is C19H22FN5O3. The topological polar surface area (TPSA) is 80.6 Å². The number of aromatic nitrogens is 3. The highest BCUT2D eigenvalue weighted by Gasteiger charge is 2.32. The highest BCUT2D eigenvalue weighted by atomic mass is 19.1. The van der Waals surface area contributed by atoms with Crippen LogP contribution in [0, 0.1) is 12.7 Å². The third kappa shape index (κ3) is 3.49. The smallest absolute Gasteiger partial charge is 0.276 e. The summed E-state index contributed by atoms with van der Waals surface area (Å²) >= 11 is 0. The summed E-state index contributed by atoms with van der Waals surface area (Å²) in [4.78, 5) is 28.8. The molecule has 148 valence electrons. The van der Waals surface area contributed by atoms with Gasteiger partial charge in [0.25, 0.3) is 11.8 Å². The number of hydrogen-bond acceptors (Lipinski definition) is 5.